The van der Waals surface area contributed by atoms with Gasteiger partial charge in [-0.15, -0.1) is 0 Å². The first-order valence-corrected chi connectivity index (χ1v) is 9.03. The van der Waals surface area contributed by atoms with Crippen LogP contribution in [0.25, 0.3) is 0 Å². The smallest absolute Gasteiger partial charge is 0.337 e. The van der Waals surface area contributed by atoms with Crippen molar-refractivity contribution in [2.24, 2.45) is 22.7 Å². The Morgan fingerprint density at radius 1 is 1.30 bits per heavy atom. The minimum absolute atomic E-state index is 0.213. The van der Waals surface area contributed by atoms with Crippen molar-refractivity contribution in [2.45, 2.75) is 71.0 Å². The summed E-state index contributed by atoms with van der Waals surface area (Å²) in [7, 11) is 0. The summed E-state index contributed by atoms with van der Waals surface area (Å²) in [5, 5.41) is 10.9. The average Bonchev–Trinajstić information content (AvgIpc) is 2.67. The van der Waals surface area contributed by atoms with Gasteiger partial charge < -0.3 is 9.84 Å². The molecule has 126 valence electrons. The molecule has 3 fully saturated rings. The highest BCUT2D eigenvalue weighted by atomic mass is 16.6. The molecule has 0 bridgehead atoms. The molecule has 0 spiro atoms. The summed E-state index contributed by atoms with van der Waals surface area (Å²) in [5.41, 5.74) is 0.909. The van der Waals surface area contributed by atoms with Crippen LogP contribution in [0.5, 0.6) is 0 Å². The highest BCUT2D eigenvalue weighted by Gasteiger charge is 2.60. The van der Waals surface area contributed by atoms with E-state index in [4.69, 9.17) is 4.74 Å². The van der Waals surface area contributed by atoms with E-state index in [1.165, 1.54) is 31.3 Å². The second kappa shape index (κ2) is 4.50. The van der Waals surface area contributed by atoms with Crippen LogP contribution in [0.3, 0.4) is 0 Å². The Morgan fingerprint density at radius 3 is 2.78 bits per heavy atom. The van der Waals surface area contributed by atoms with Crippen LogP contribution in [-0.4, -0.2) is 22.8 Å². The van der Waals surface area contributed by atoms with Crippen LogP contribution in [0.1, 0.15) is 59.3 Å². The molecule has 1 saturated heterocycles. The third kappa shape index (κ3) is 1.89. The largest absolute Gasteiger partial charge is 0.455 e. The predicted octanol–water partition coefficient (Wildman–Crippen LogP) is 3.77. The maximum atomic E-state index is 11.9. The Hall–Kier alpha value is -1.09. The fourth-order valence-corrected chi connectivity index (χ4v) is 6.36. The lowest BCUT2D eigenvalue weighted by molar-refractivity contribution is -0.144. The van der Waals surface area contributed by atoms with Gasteiger partial charge in [0.1, 0.15) is 6.10 Å². The van der Waals surface area contributed by atoms with Gasteiger partial charge in [0.25, 0.3) is 0 Å². The number of ether oxygens (including phenoxy) is 1. The summed E-state index contributed by atoms with van der Waals surface area (Å²) in [6, 6.07) is 0. The molecule has 5 atom stereocenters. The van der Waals surface area contributed by atoms with Gasteiger partial charge in [0.15, 0.2) is 5.60 Å². The van der Waals surface area contributed by atoms with Gasteiger partial charge in [-0.2, -0.15) is 0 Å². The van der Waals surface area contributed by atoms with Crippen LogP contribution >= 0.6 is 0 Å². The van der Waals surface area contributed by atoms with Crippen molar-refractivity contribution in [3.63, 3.8) is 0 Å². The Labute approximate surface area is 138 Å². The fourth-order valence-electron chi connectivity index (χ4n) is 6.36. The molecule has 23 heavy (non-hydrogen) atoms. The lowest BCUT2D eigenvalue weighted by Gasteiger charge is -2.59. The monoisotopic (exact) mass is 316 g/mol. The van der Waals surface area contributed by atoms with Crippen molar-refractivity contribution < 1.29 is 14.6 Å². The third-order valence-corrected chi connectivity index (χ3v) is 7.57. The van der Waals surface area contributed by atoms with Crippen molar-refractivity contribution in [1.82, 2.24) is 0 Å². The quantitative estimate of drug-likeness (QED) is 0.420. The number of esters is 1. The number of allylic oxidation sites excluding steroid dienone is 1. The molecule has 1 heterocycles. The van der Waals surface area contributed by atoms with E-state index in [2.05, 4.69) is 27.4 Å². The summed E-state index contributed by atoms with van der Waals surface area (Å²) in [6.45, 7) is 11.1. The standard InChI is InChI=1S/C20H28O3/c1-12-17(21)23-16-10-14-13(11-20(12,16)22)6-7-15-18(2,3)8-5-9-19(14,15)4/h11,14-16,22H,1,5-10H2,2-4H3/t14-,15+,16+,19-,20-/m1/s1. The molecular weight excluding hydrogens is 288 g/mol. The minimum atomic E-state index is -1.27. The van der Waals surface area contributed by atoms with Gasteiger partial charge in [-0.25, -0.2) is 4.79 Å². The van der Waals surface area contributed by atoms with Crippen LogP contribution in [-0.2, 0) is 9.53 Å². The average molecular weight is 316 g/mol. The number of fused-ring (bicyclic) bond motifs is 4. The van der Waals surface area contributed by atoms with Gasteiger partial charge in [0, 0.05) is 0 Å². The van der Waals surface area contributed by atoms with E-state index in [-0.39, 0.29) is 11.0 Å². The van der Waals surface area contributed by atoms with Crippen molar-refractivity contribution >= 4 is 5.97 Å². The van der Waals surface area contributed by atoms with E-state index in [0.717, 1.165) is 12.8 Å². The summed E-state index contributed by atoms with van der Waals surface area (Å²) in [5.74, 6) is 0.695. The van der Waals surface area contributed by atoms with Crippen LogP contribution < -0.4 is 0 Å². The molecule has 0 unspecified atom stereocenters. The molecule has 0 aromatic carbocycles. The number of carbonyl (C=O) groups excluding carboxylic acids is 1. The molecule has 0 amide bonds. The SMILES string of the molecule is C=C1C(=O)O[C@H]2C[C@@H]3C(=C[C@@]12O)CC[C@H]1C(C)(C)CCC[C@]31C. The second-order valence-corrected chi connectivity index (χ2v) is 9.14. The van der Waals surface area contributed by atoms with Crippen LogP contribution in [0.15, 0.2) is 23.8 Å². The number of hydrogen-bond donors (Lipinski definition) is 1. The second-order valence-electron chi connectivity index (χ2n) is 9.14. The molecule has 1 aliphatic heterocycles. The third-order valence-electron chi connectivity index (χ3n) is 7.57. The molecule has 1 N–H and O–H groups in total. The molecule has 4 rings (SSSR count). The zero-order valence-corrected chi connectivity index (χ0v) is 14.5. The molecule has 0 aromatic heterocycles. The Balaban J connectivity index is 1.75. The highest BCUT2D eigenvalue weighted by Crippen LogP contribution is 2.64. The maximum Gasteiger partial charge on any atom is 0.337 e. The van der Waals surface area contributed by atoms with Gasteiger partial charge >= 0.3 is 5.97 Å². The van der Waals surface area contributed by atoms with E-state index < -0.39 is 17.7 Å². The van der Waals surface area contributed by atoms with Gasteiger partial charge in [0.05, 0.1) is 5.57 Å². The maximum absolute atomic E-state index is 11.9. The van der Waals surface area contributed by atoms with Crippen molar-refractivity contribution in [3.8, 4) is 0 Å². The molecule has 0 radical (unpaired) electrons. The molecular formula is C20H28O3. The van der Waals surface area contributed by atoms with Gasteiger partial charge in [-0.1, -0.05) is 39.3 Å². The van der Waals surface area contributed by atoms with E-state index in [9.17, 15) is 9.90 Å². The lowest BCUT2D eigenvalue weighted by atomic mass is 9.45. The first-order chi connectivity index (χ1) is 10.7. The number of aliphatic hydroxyl groups is 1. The Bertz CT molecular complexity index is 616. The van der Waals surface area contributed by atoms with Crippen LogP contribution in [0.4, 0.5) is 0 Å². The molecule has 2 saturated carbocycles. The predicted molar refractivity (Wildman–Crippen MR) is 88.6 cm³/mol. The van der Waals surface area contributed by atoms with Crippen LogP contribution in [0.2, 0.25) is 0 Å². The van der Waals surface area contributed by atoms with Crippen molar-refractivity contribution in [2.75, 3.05) is 0 Å². The van der Waals surface area contributed by atoms with E-state index in [1.807, 2.05) is 6.08 Å². The molecule has 3 aliphatic carbocycles. The van der Waals surface area contributed by atoms with Crippen molar-refractivity contribution in [3.05, 3.63) is 23.8 Å². The molecule has 3 heteroatoms. The Morgan fingerprint density at radius 2 is 2.04 bits per heavy atom. The van der Waals surface area contributed by atoms with E-state index >= 15 is 0 Å². The summed E-state index contributed by atoms with van der Waals surface area (Å²) < 4.78 is 5.47. The lowest BCUT2D eigenvalue weighted by Crippen LogP contribution is -2.54. The van der Waals surface area contributed by atoms with Crippen molar-refractivity contribution in [1.29, 1.82) is 0 Å². The highest BCUT2D eigenvalue weighted by molar-refractivity contribution is 5.94. The summed E-state index contributed by atoms with van der Waals surface area (Å²) >= 11 is 0. The van der Waals surface area contributed by atoms with Gasteiger partial charge in [-0.3, -0.25) is 0 Å². The topological polar surface area (TPSA) is 46.5 Å². The molecule has 0 aromatic rings. The minimum Gasteiger partial charge on any atom is -0.455 e. The number of hydrogen-bond acceptors (Lipinski definition) is 3. The first-order valence-electron chi connectivity index (χ1n) is 9.03. The first kappa shape index (κ1) is 15.4. The Kier molecular flexibility index (Phi) is 3.02. The molecule has 3 nitrogen and oxygen atoms in total. The van der Waals surface area contributed by atoms with E-state index in [1.54, 1.807) is 0 Å². The number of rotatable bonds is 0. The van der Waals surface area contributed by atoms with Gasteiger partial charge in [0.2, 0.25) is 0 Å². The molecule has 4 aliphatic rings. The van der Waals surface area contributed by atoms with E-state index in [0.29, 0.717) is 17.3 Å². The number of carbonyl (C=O) groups is 1. The summed E-state index contributed by atoms with van der Waals surface area (Å²) in [4.78, 5) is 11.9. The van der Waals surface area contributed by atoms with Gasteiger partial charge in [-0.05, 0) is 60.8 Å². The van der Waals surface area contributed by atoms with Crippen LogP contribution in [0, 0.1) is 22.7 Å². The normalized spacial score (nSPS) is 48.0. The zero-order chi connectivity index (χ0) is 16.6. The fraction of sp³-hybridized carbons (Fsp3) is 0.750. The summed E-state index contributed by atoms with van der Waals surface area (Å²) in [6.07, 6.45) is 8.26. The zero-order valence-electron chi connectivity index (χ0n) is 14.5.